The maximum atomic E-state index is 8.01. The van der Waals surface area contributed by atoms with Crippen molar-refractivity contribution in [3.63, 3.8) is 0 Å². The number of aliphatic hydroxyl groups is 1. The van der Waals surface area contributed by atoms with Crippen LogP contribution in [0.4, 0.5) is 0 Å². The molecule has 0 unspecified atom stereocenters. The second-order valence-corrected chi connectivity index (χ2v) is 4.44. The molecular weight excluding hydrogens is 218 g/mol. The van der Waals surface area contributed by atoms with E-state index in [-0.39, 0.29) is 0 Å². The summed E-state index contributed by atoms with van der Waals surface area (Å²) < 4.78 is -1.49. The molecule has 0 amide bonds. The summed E-state index contributed by atoms with van der Waals surface area (Å²) in [6.07, 6.45) is 0. The quantitative estimate of drug-likeness (QED) is 0.676. The largest absolute Gasteiger partial charge is 0.392 e. The topological polar surface area (TPSA) is 20.2 Å². The van der Waals surface area contributed by atoms with Crippen molar-refractivity contribution in [2.24, 2.45) is 0 Å². The van der Waals surface area contributed by atoms with Gasteiger partial charge in [0.05, 0.1) is 6.61 Å². The predicted molar refractivity (Wildman–Crippen MR) is 53.8 cm³/mol. The molecule has 1 nitrogen and oxygen atoms in total. The minimum atomic E-state index is -1.49. The number of aliphatic hydroxyl groups excluding tert-OH is 1. The number of benzene rings is 1. The molecule has 0 saturated heterocycles. The van der Waals surface area contributed by atoms with Gasteiger partial charge in [0.1, 0.15) is 0 Å². The second kappa shape index (κ2) is 6.55. The first-order valence-electron chi connectivity index (χ1n) is 3.24. The van der Waals surface area contributed by atoms with Crippen molar-refractivity contribution in [2.75, 3.05) is 6.61 Å². The molecule has 0 radical (unpaired) electrons. The second-order valence-electron chi connectivity index (χ2n) is 1.93. The Hall–Kier alpha value is 0.0500. The third-order valence-corrected chi connectivity index (χ3v) is 1.20. The average Bonchev–Trinajstić information content (AvgIpc) is 2.07. The smallest absolute Gasteiger partial charge is 0.213 e. The normalized spacial score (nSPS) is 10.0. The highest BCUT2D eigenvalue weighted by atomic mass is 35.6. The molecule has 0 spiro atoms. The van der Waals surface area contributed by atoms with Gasteiger partial charge >= 0.3 is 0 Å². The van der Waals surface area contributed by atoms with Gasteiger partial charge in [0.15, 0.2) is 0 Å². The highest BCUT2D eigenvalue weighted by Gasteiger charge is 2.16. The fraction of sp³-hybridized carbons (Fsp3) is 0.250. The van der Waals surface area contributed by atoms with Gasteiger partial charge in [0.25, 0.3) is 0 Å². The third-order valence-electron chi connectivity index (χ3n) is 0.846. The molecule has 0 atom stereocenters. The lowest BCUT2D eigenvalue weighted by Gasteiger charge is -2.01. The molecule has 1 aromatic rings. The minimum absolute atomic E-state index is 0.433. The van der Waals surface area contributed by atoms with Crippen molar-refractivity contribution in [3.8, 4) is 0 Å². The van der Waals surface area contributed by atoms with Crippen LogP contribution in [0.1, 0.15) is 0 Å². The molecule has 0 aliphatic carbocycles. The zero-order chi connectivity index (χ0) is 9.45. The summed E-state index contributed by atoms with van der Waals surface area (Å²) in [7, 11) is 0. The van der Waals surface area contributed by atoms with Crippen LogP contribution < -0.4 is 0 Å². The summed E-state index contributed by atoms with van der Waals surface area (Å²) in [4.78, 5) is 0. The zero-order valence-electron chi connectivity index (χ0n) is 6.25. The Bertz CT molecular complexity index is 157. The van der Waals surface area contributed by atoms with Crippen LogP contribution in [-0.4, -0.2) is 15.5 Å². The molecule has 0 aliphatic heterocycles. The number of halogens is 3. The van der Waals surface area contributed by atoms with E-state index >= 15 is 0 Å². The molecule has 0 aromatic heterocycles. The van der Waals surface area contributed by atoms with Gasteiger partial charge in [-0.2, -0.15) is 0 Å². The van der Waals surface area contributed by atoms with E-state index in [4.69, 9.17) is 39.9 Å². The van der Waals surface area contributed by atoms with Gasteiger partial charge in [-0.25, -0.2) is 0 Å². The molecule has 4 heteroatoms. The summed E-state index contributed by atoms with van der Waals surface area (Å²) in [5.41, 5.74) is 0. The zero-order valence-corrected chi connectivity index (χ0v) is 8.52. The van der Waals surface area contributed by atoms with Crippen LogP contribution in [0.15, 0.2) is 36.4 Å². The van der Waals surface area contributed by atoms with Crippen molar-refractivity contribution >= 4 is 34.8 Å². The van der Waals surface area contributed by atoms with Gasteiger partial charge < -0.3 is 5.11 Å². The molecule has 1 rings (SSSR count). The molecule has 12 heavy (non-hydrogen) atoms. The summed E-state index contributed by atoms with van der Waals surface area (Å²) in [5, 5.41) is 8.01. The molecule has 0 bridgehead atoms. The maximum Gasteiger partial charge on any atom is 0.213 e. The Morgan fingerprint density at radius 1 is 0.833 bits per heavy atom. The van der Waals surface area contributed by atoms with Gasteiger partial charge in [-0.1, -0.05) is 71.2 Å². The minimum Gasteiger partial charge on any atom is -0.392 e. The highest BCUT2D eigenvalue weighted by molar-refractivity contribution is 6.67. The van der Waals surface area contributed by atoms with E-state index in [0.717, 1.165) is 0 Å². The lowest BCUT2D eigenvalue weighted by atomic mass is 10.4. The molecule has 0 heterocycles. The lowest BCUT2D eigenvalue weighted by Crippen LogP contribution is -2.06. The summed E-state index contributed by atoms with van der Waals surface area (Å²) in [6, 6.07) is 12.0. The van der Waals surface area contributed by atoms with Crippen LogP contribution in [0.5, 0.6) is 0 Å². The molecule has 68 valence electrons. The van der Waals surface area contributed by atoms with E-state index in [1.807, 2.05) is 36.4 Å². The average molecular weight is 228 g/mol. The van der Waals surface area contributed by atoms with Crippen molar-refractivity contribution in [2.45, 2.75) is 3.79 Å². The Labute approximate surface area is 86.9 Å². The highest BCUT2D eigenvalue weighted by Crippen LogP contribution is 2.23. The molecule has 0 fully saturated rings. The number of rotatable bonds is 0. The summed E-state index contributed by atoms with van der Waals surface area (Å²) in [6.45, 7) is -0.433. The molecule has 1 aromatic carbocycles. The fourth-order valence-electron chi connectivity index (χ4n) is 0.385. The Kier molecular flexibility index (Phi) is 6.58. The van der Waals surface area contributed by atoms with Crippen LogP contribution in [0.25, 0.3) is 0 Å². The molecule has 0 saturated carbocycles. The van der Waals surface area contributed by atoms with Gasteiger partial charge in [-0.3, -0.25) is 0 Å². The van der Waals surface area contributed by atoms with Gasteiger partial charge in [0, 0.05) is 0 Å². The van der Waals surface area contributed by atoms with Crippen molar-refractivity contribution in [1.82, 2.24) is 0 Å². The first kappa shape index (κ1) is 12.0. The monoisotopic (exact) mass is 226 g/mol. The van der Waals surface area contributed by atoms with Gasteiger partial charge in [-0.15, -0.1) is 0 Å². The Balaban J connectivity index is 0.000000202. The number of hydrogen-bond acceptors (Lipinski definition) is 1. The van der Waals surface area contributed by atoms with E-state index in [0.29, 0.717) is 0 Å². The Morgan fingerprint density at radius 2 is 1.00 bits per heavy atom. The van der Waals surface area contributed by atoms with E-state index in [1.54, 1.807) is 0 Å². The fourth-order valence-corrected chi connectivity index (χ4v) is 0.385. The van der Waals surface area contributed by atoms with E-state index in [1.165, 1.54) is 0 Å². The van der Waals surface area contributed by atoms with Crippen molar-refractivity contribution in [3.05, 3.63) is 36.4 Å². The van der Waals surface area contributed by atoms with Crippen LogP contribution in [-0.2, 0) is 0 Å². The molecule has 1 N–H and O–H groups in total. The predicted octanol–water partition coefficient (Wildman–Crippen LogP) is 3.04. The van der Waals surface area contributed by atoms with Crippen LogP contribution >= 0.6 is 34.8 Å². The first-order valence-corrected chi connectivity index (χ1v) is 4.37. The molecule has 0 aliphatic rings. The first-order chi connectivity index (χ1) is 5.56. The standard InChI is InChI=1S/C6H6.C2H3Cl3O/c1-2-4-6-5-3-1;3-2(4,5)1-6/h1-6H;6H,1H2. The van der Waals surface area contributed by atoms with Crippen LogP contribution in [0.2, 0.25) is 0 Å². The SMILES string of the molecule is OCC(Cl)(Cl)Cl.c1ccccc1. The van der Waals surface area contributed by atoms with Crippen molar-refractivity contribution in [1.29, 1.82) is 0 Å². The maximum absolute atomic E-state index is 8.01. The van der Waals surface area contributed by atoms with Crippen LogP contribution in [0, 0.1) is 0 Å². The number of hydrogen-bond donors (Lipinski definition) is 1. The third kappa shape index (κ3) is 10.0. The summed E-state index contributed by atoms with van der Waals surface area (Å²) >= 11 is 15.0. The summed E-state index contributed by atoms with van der Waals surface area (Å²) in [5.74, 6) is 0. The van der Waals surface area contributed by atoms with E-state index in [2.05, 4.69) is 0 Å². The number of alkyl halides is 3. The van der Waals surface area contributed by atoms with Crippen molar-refractivity contribution < 1.29 is 5.11 Å². The van der Waals surface area contributed by atoms with Gasteiger partial charge in [0.2, 0.25) is 3.79 Å². The van der Waals surface area contributed by atoms with E-state index in [9.17, 15) is 0 Å². The lowest BCUT2D eigenvalue weighted by molar-refractivity contribution is 0.303. The Morgan fingerprint density at radius 3 is 1.08 bits per heavy atom. The van der Waals surface area contributed by atoms with E-state index < -0.39 is 10.4 Å². The molecular formula is C8H9Cl3O. The van der Waals surface area contributed by atoms with Crippen LogP contribution in [0.3, 0.4) is 0 Å². The van der Waals surface area contributed by atoms with Gasteiger partial charge in [-0.05, 0) is 0 Å².